The standard InChI is InChI=1S/C16H12F2N2O2S/c17-14-8-3-11(10-15(14)18)16-2-1-9-20(16)12-4-6-13(7-5-12)23(19,21)22/h1-10H,(H2,19,21,22). The maximum Gasteiger partial charge on any atom is 0.238 e. The Morgan fingerprint density at radius 3 is 2.22 bits per heavy atom. The number of hydrogen-bond donors (Lipinski definition) is 1. The van der Waals surface area contributed by atoms with E-state index in [2.05, 4.69) is 0 Å². The van der Waals surface area contributed by atoms with Crippen LogP contribution in [0.25, 0.3) is 16.9 Å². The SMILES string of the molecule is NS(=O)(=O)c1ccc(-n2cccc2-c2ccc(F)c(F)c2)cc1. The summed E-state index contributed by atoms with van der Waals surface area (Å²) in [4.78, 5) is 0.00258. The highest BCUT2D eigenvalue weighted by Crippen LogP contribution is 2.25. The third kappa shape index (κ3) is 3.01. The number of hydrogen-bond acceptors (Lipinski definition) is 2. The molecule has 3 rings (SSSR count). The van der Waals surface area contributed by atoms with Gasteiger partial charge >= 0.3 is 0 Å². The molecule has 1 heterocycles. The van der Waals surface area contributed by atoms with Gasteiger partial charge < -0.3 is 4.57 Å². The minimum absolute atomic E-state index is 0.00258. The van der Waals surface area contributed by atoms with E-state index < -0.39 is 21.7 Å². The summed E-state index contributed by atoms with van der Waals surface area (Å²) in [6.45, 7) is 0. The normalized spacial score (nSPS) is 11.6. The second kappa shape index (κ2) is 5.60. The highest BCUT2D eigenvalue weighted by Gasteiger charge is 2.11. The summed E-state index contributed by atoms with van der Waals surface area (Å²) < 4.78 is 50.8. The predicted molar refractivity (Wildman–Crippen MR) is 82.5 cm³/mol. The molecule has 0 saturated carbocycles. The average Bonchev–Trinajstić information content (AvgIpc) is 2.99. The van der Waals surface area contributed by atoms with Gasteiger partial charge in [0, 0.05) is 17.4 Å². The van der Waals surface area contributed by atoms with Crippen molar-refractivity contribution < 1.29 is 17.2 Å². The molecule has 0 radical (unpaired) electrons. The molecule has 0 unspecified atom stereocenters. The number of nitrogens with two attached hydrogens (primary N) is 1. The molecule has 4 nitrogen and oxygen atoms in total. The molecule has 2 aromatic carbocycles. The maximum absolute atomic E-state index is 13.4. The lowest BCUT2D eigenvalue weighted by Gasteiger charge is -2.10. The highest BCUT2D eigenvalue weighted by molar-refractivity contribution is 7.89. The summed E-state index contributed by atoms with van der Waals surface area (Å²) in [6.07, 6.45) is 1.74. The van der Waals surface area contributed by atoms with E-state index in [1.165, 1.54) is 18.2 Å². The average molecular weight is 334 g/mol. The van der Waals surface area contributed by atoms with Gasteiger partial charge in [-0.3, -0.25) is 0 Å². The molecule has 0 aliphatic rings. The summed E-state index contributed by atoms with van der Waals surface area (Å²) >= 11 is 0. The van der Waals surface area contributed by atoms with Crippen LogP contribution in [0.1, 0.15) is 0 Å². The van der Waals surface area contributed by atoms with Crippen LogP contribution in [-0.2, 0) is 10.0 Å². The molecular formula is C16H12F2N2O2S. The summed E-state index contributed by atoms with van der Waals surface area (Å²) in [5, 5.41) is 5.07. The Balaban J connectivity index is 2.05. The van der Waals surface area contributed by atoms with Crippen molar-refractivity contribution in [1.82, 2.24) is 4.57 Å². The molecule has 7 heteroatoms. The fourth-order valence-electron chi connectivity index (χ4n) is 2.29. The monoisotopic (exact) mass is 334 g/mol. The second-order valence-electron chi connectivity index (χ2n) is 4.93. The summed E-state index contributed by atoms with van der Waals surface area (Å²) in [5.41, 5.74) is 1.82. The molecule has 0 bridgehead atoms. The molecular weight excluding hydrogens is 322 g/mol. The summed E-state index contributed by atoms with van der Waals surface area (Å²) in [5.74, 6) is -1.84. The van der Waals surface area contributed by atoms with Gasteiger partial charge in [0.15, 0.2) is 11.6 Å². The van der Waals surface area contributed by atoms with E-state index >= 15 is 0 Å². The van der Waals surface area contributed by atoms with E-state index in [4.69, 9.17) is 5.14 Å². The van der Waals surface area contributed by atoms with E-state index in [1.54, 1.807) is 35.0 Å². The third-order valence-corrected chi connectivity index (χ3v) is 4.34. The van der Waals surface area contributed by atoms with Gasteiger partial charge in [0.05, 0.1) is 10.6 Å². The van der Waals surface area contributed by atoms with Crippen LogP contribution >= 0.6 is 0 Å². The molecule has 2 N–H and O–H groups in total. The maximum atomic E-state index is 13.4. The highest BCUT2D eigenvalue weighted by atomic mass is 32.2. The lowest BCUT2D eigenvalue weighted by Crippen LogP contribution is -2.12. The Morgan fingerprint density at radius 1 is 0.913 bits per heavy atom. The Bertz CT molecular complexity index is 964. The molecule has 23 heavy (non-hydrogen) atoms. The van der Waals surface area contributed by atoms with E-state index in [0.717, 1.165) is 12.1 Å². The van der Waals surface area contributed by atoms with Crippen LogP contribution in [0.3, 0.4) is 0 Å². The number of rotatable bonds is 3. The summed E-state index contributed by atoms with van der Waals surface area (Å²) in [6, 6.07) is 13.1. The molecule has 1 aromatic heterocycles. The van der Waals surface area contributed by atoms with Crippen LogP contribution in [0.2, 0.25) is 0 Å². The first-order valence-electron chi connectivity index (χ1n) is 6.62. The summed E-state index contributed by atoms with van der Waals surface area (Å²) in [7, 11) is -3.76. The van der Waals surface area contributed by atoms with E-state index in [-0.39, 0.29) is 4.90 Å². The van der Waals surface area contributed by atoms with Crippen LogP contribution in [0.15, 0.2) is 65.7 Å². The number of benzene rings is 2. The van der Waals surface area contributed by atoms with Gasteiger partial charge in [-0.25, -0.2) is 22.3 Å². The van der Waals surface area contributed by atoms with E-state index in [0.29, 0.717) is 16.9 Å². The van der Waals surface area contributed by atoms with Gasteiger partial charge in [-0.15, -0.1) is 0 Å². The Hall–Kier alpha value is -2.51. The number of halogens is 2. The Kier molecular flexibility index (Phi) is 3.75. The molecule has 0 aliphatic carbocycles. The quantitative estimate of drug-likeness (QED) is 0.800. The van der Waals surface area contributed by atoms with Crippen LogP contribution in [0.5, 0.6) is 0 Å². The number of nitrogens with zero attached hydrogens (tertiary/aromatic N) is 1. The topological polar surface area (TPSA) is 65.1 Å². The van der Waals surface area contributed by atoms with Crippen LogP contribution in [0.4, 0.5) is 8.78 Å². The molecule has 0 aliphatic heterocycles. The molecule has 0 atom stereocenters. The smallest absolute Gasteiger partial charge is 0.238 e. The zero-order chi connectivity index (χ0) is 16.6. The van der Waals surface area contributed by atoms with Crippen molar-refractivity contribution in [3.05, 3.63) is 72.4 Å². The number of sulfonamides is 1. The van der Waals surface area contributed by atoms with Crippen molar-refractivity contribution in [2.75, 3.05) is 0 Å². The lowest BCUT2D eigenvalue weighted by atomic mass is 10.1. The van der Waals surface area contributed by atoms with Crippen molar-refractivity contribution in [3.63, 3.8) is 0 Å². The van der Waals surface area contributed by atoms with Crippen LogP contribution in [-0.4, -0.2) is 13.0 Å². The van der Waals surface area contributed by atoms with Gasteiger partial charge in [-0.2, -0.15) is 0 Å². The first-order chi connectivity index (χ1) is 10.9. The third-order valence-electron chi connectivity index (χ3n) is 3.41. The largest absolute Gasteiger partial charge is 0.317 e. The van der Waals surface area contributed by atoms with Crippen molar-refractivity contribution in [1.29, 1.82) is 0 Å². The minimum Gasteiger partial charge on any atom is -0.317 e. The Morgan fingerprint density at radius 2 is 1.61 bits per heavy atom. The minimum atomic E-state index is -3.76. The molecule has 0 saturated heterocycles. The van der Waals surface area contributed by atoms with Gasteiger partial charge in [0.2, 0.25) is 10.0 Å². The molecule has 0 spiro atoms. The van der Waals surface area contributed by atoms with Crippen molar-refractivity contribution in [2.45, 2.75) is 4.90 Å². The molecule has 118 valence electrons. The predicted octanol–water partition coefficient (Wildman–Crippen LogP) is 3.07. The van der Waals surface area contributed by atoms with Crippen molar-refractivity contribution in [2.24, 2.45) is 5.14 Å². The van der Waals surface area contributed by atoms with Gasteiger partial charge in [-0.1, -0.05) is 0 Å². The molecule has 3 aromatic rings. The van der Waals surface area contributed by atoms with Gasteiger partial charge in [0.25, 0.3) is 0 Å². The zero-order valence-electron chi connectivity index (χ0n) is 11.8. The van der Waals surface area contributed by atoms with E-state index in [1.807, 2.05) is 0 Å². The fraction of sp³-hybridized carbons (Fsp3) is 0. The second-order valence-corrected chi connectivity index (χ2v) is 6.49. The van der Waals surface area contributed by atoms with Crippen molar-refractivity contribution >= 4 is 10.0 Å². The number of primary sulfonamides is 1. The van der Waals surface area contributed by atoms with E-state index in [9.17, 15) is 17.2 Å². The lowest BCUT2D eigenvalue weighted by molar-refractivity contribution is 0.509. The van der Waals surface area contributed by atoms with Gasteiger partial charge in [0.1, 0.15) is 0 Å². The van der Waals surface area contributed by atoms with Crippen LogP contribution in [0, 0.1) is 11.6 Å². The van der Waals surface area contributed by atoms with Crippen LogP contribution < -0.4 is 5.14 Å². The number of aromatic nitrogens is 1. The first kappa shape index (κ1) is 15.4. The fourth-order valence-corrected chi connectivity index (χ4v) is 2.81. The molecule has 0 fully saturated rings. The Labute approximate surface area is 131 Å². The van der Waals surface area contributed by atoms with Crippen molar-refractivity contribution in [3.8, 4) is 16.9 Å². The zero-order valence-corrected chi connectivity index (χ0v) is 12.6. The first-order valence-corrected chi connectivity index (χ1v) is 8.17. The van der Waals surface area contributed by atoms with Gasteiger partial charge in [-0.05, 0) is 54.6 Å². The molecule has 0 amide bonds.